The normalized spacial score (nSPS) is 32.0. The Hall–Kier alpha value is -0.220. The number of carbonyl (C=O) groups is 1. The Labute approximate surface area is 87.3 Å². The molecule has 1 aliphatic carbocycles. The van der Waals surface area contributed by atoms with Gasteiger partial charge in [-0.1, -0.05) is 6.42 Å². The minimum Gasteiger partial charge on any atom is -0.298 e. The van der Waals surface area contributed by atoms with Gasteiger partial charge in [-0.15, -0.1) is 0 Å². The standard InChI is InChI=1S/C10H17NO2S/c12-10-4-2-1-3-9(10)11-5-7-14(13)8-6-11/h9H,1-8H2. The summed E-state index contributed by atoms with van der Waals surface area (Å²) in [6.45, 7) is 1.70. The first-order chi connectivity index (χ1) is 6.77. The fourth-order valence-electron chi connectivity index (χ4n) is 2.31. The van der Waals surface area contributed by atoms with Crippen molar-refractivity contribution in [2.45, 2.75) is 31.7 Å². The lowest BCUT2D eigenvalue weighted by Crippen LogP contribution is -2.49. The summed E-state index contributed by atoms with van der Waals surface area (Å²) in [6, 6.07) is 0.154. The monoisotopic (exact) mass is 215 g/mol. The molecule has 1 atom stereocenters. The highest BCUT2D eigenvalue weighted by atomic mass is 32.2. The van der Waals surface area contributed by atoms with E-state index in [2.05, 4.69) is 4.90 Å². The van der Waals surface area contributed by atoms with Crippen molar-refractivity contribution in [3.63, 3.8) is 0 Å². The smallest absolute Gasteiger partial charge is 0.149 e. The van der Waals surface area contributed by atoms with Gasteiger partial charge in [0.2, 0.25) is 0 Å². The average Bonchev–Trinajstić information content (AvgIpc) is 2.20. The molecule has 2 rings (SSSR count). The Morgan fingerprint density at radius 3 is 2.57 bits per heavy atom. The zero-order valence-corrected chi connectivity index (χ0v) is 9.22. The molecule has 1 aliphatic heterocycles. The fraction of sp³-hybridized carbons (Fsp3) is 0.900. The summed E-state index contributed by atoms with van der Waals surface area (Å²) in [5.74, 6) is 1.91. The molecular weight excluding hydrogens is 198 g/mol. The maximum absolute atomic E-state index is 11.7. The molecule has 0 N–H and O–H groups in total. The zero-order chi connectivity index (χ0) is 9.97. The Bertz CT molecular complexity index is 245. The molecule has 0 amide bonds. The third-order valence-corrected chi connectivity index (χ3v) is 4.45. The zero-order valence-electron chi connectivity index (χ0n) is 8.41. The largest absolute Gasteiger partial charge is 0.298 e. The number of hydrogen-bond donors (Lipinski definition) is 0. The van der Waals surface area contributed by atoms with E-state index in [1.807, 2.05) is 0 Å². The van der Waals surface area contributed by atoms with Gasteiger partial charge in [-0.05, 0) is 12.8 Å². The second-order valence-electron chi connectivity index (χ2n) is 4.11. The van der Waals surface area contributed by atoms with Crippen LogP contribution in [-0.2, 0) is 15.6 Å². The first-order valence-electron chi connectivity index (χ1n) is 5.39. The van der Waals surface area contributed by atoms with Crippen molar-refractivity contribution in [3.8, 4) is 0 Å². The van der Waals surface area contributed by atoms with E-state index in [0.29, 0.717) is 5.78 Å². The van der Waals surface area contributed by atoms with Crippen LogP contribution in [0.25, 0.3) is 0 Å². The van der Waals surface area contributed by atoms with Gasteiger partial charge in [0.25, 0.3) is 0 Å². The van der Waals surface area contributed by atoms with E-state index in [1.54, 1.807) is 0 Å². The minimum absolute atomic E-state index is 0.154. The molecule has 1 heterocycles. The Kier molecular flexibility index (Phi) is 3.34. The molecule has 4 heteroatoms. The molecule has 2 aliphatic rings. The topological polar surface area (TPSA) is 37.4 Å². The van der Waals surface area contributed by atoms with Gasteiger partial charge >= 0.3 is 0 Å². The van der Waals surface area contributed by atoms with Crippen LogP contribution in [0.1, 0.15) is 25.7 Å². The molecule has 1 saturated carbocycles. The Balaban J connectivity index is 1.93. The van der Waals surface area contributed by atoms with Crippen molar-refractivity contribution >= 4 is 16.6 Å². The summed E-state index contributed by atoms with van der Waals surface area (Å²) in [4.78, 5) is 13.9. The summed E-state index contributed by atoms with van der Waals surface area (Å²) in [6.07, 6.45) is 4.01. The number of Topliss-reactive ketones (excluding diaryl/α,β-unsaturated/α-hetero) is 1. The van der Waals surface area contributed by atoms with E-state index in [1.165, 1.54) is 6.42 Å². The van der Waals surface area contributed by atoms with Gasteiger partial charge in [0.15, 0.2) is 0 Å². The molecular formula is C10H17NO2S. The van der Waals surface area contributed by atoms with Crippen LogP contribution >= 0.6 is 0 Å². The first kappa shape index (κ1) is 10.3. The maximum Gasteiger partial charge on any atom is 0.149 e. The molecule has 1 saturated heterocycles. The van der Waals surface area contributed by atoms with E-state index < -0.39 is 10.8 Å². The van der Waals surface area contributed by atoms with Crippen molar-refractivity contribution in [2.75, 3.05) is 24.6 Å². The van der Waals surface area contributed by atoms with Crippen LogP contribution in [0.5, 0.6) is 0 Å². The van der Waals surface area contributed by atoms with Crippen LogP contribution in [-0.4, -0.2) is 45.5 Å². The SMILES string of the molecule is O=C1CCCCC1N1CCS(=O)CC1. The molecule has 14 heavy (non-hydrogen) atoms. The summed E-state index contributed by atoms with van der Waals surface area (Å²) in [7, 11) is -0.630. The lowest BCUT2D eigenvalue weighted by Gasteiger charge is -2.35. The number of hydrogen-bond acceptors (Lipinski definition) is 3. The molecule has 0 radical (unpaired) electrons. The Morgan fingerprint density at radius 2 is 1.93 bits per heavy atom. The molecule has 0 bridgehead atoms. The first-order valence-corrected chi connectivity index (χ1v) is 6.88. The highest BCUT2D eigenvalue weighted by Gasteiger charge is 2.29. The molecule has 0 aromatic carbocycles. The summed E-state index contributed by atoms with van der Waals surface area (Å²) < 4.78 is 11.2. The van der Waals surface area contributed by atoms with Crippen molar-refractivity contribution in [2.24, 2.45) is 0 Å². The molecule has 2 fully saturated rings. The van der Waals surface area contributed by atoms with E-state index in [9.17, 15) is 9.00 Å². The molecule has 80 valence electrons. The van der Waals surface area contributed by atoms with Crippen molar-refractivity contribution in [1.82, 2.24) is 4.90 Å². The number of nitrogens with zero attached hydrogens (tertiary/aromatic N) is 1. The minimum atomic E-state index is -0.630. The van der Waals surface area contributed by atoms with Gasteiger partial charge in [0, 0.05) is 41.8 Å². The second kappa shape index (κ2) is 4.53. The lowest BCUT2D eigenvalue weighted by molar-refractivity contribution is -0.126. The van der Waals surface area contributed by atoms with Crippen molar-refractivity contribution < 1.29 is 9.00 Å². The van der Waals surface area contributed by atoms with Crippen LogP contribution in [0.4, 0.5) is 0 Å². The van der Waals surface area contributed by atoms with Gasteiger partial charge < -0.3 is 0 Å². The van der Waals surface area contributed by atoms with E-state index >= 15 is 0 Å². The van der Waals surface area contributed by atoms with E-state index in [4.69, 9.17) is 0 Å². The van der Waals surface area contributed by atoms with Crippen LogP contribution < -0.4 is 0 Å². The third kappa shape index (κ3) is 2.23. The number of rotatable bonds is 1. The van der Waals surface area contributed by atoms with Crippen LogP contribution in [0, 0.1) is 0 Å². The van der Waals surface area contributed by atoms with E-state index in [0.717, 1.165) is 43.9 Å². The highest BCUT2D eigenvalue weighted by Crippen LogP contribution is 2.20. The maximum atomic E-state index is 11.7. The van der Waals surface area contributed by atoms with Gasteiger partial charge in [-0.2, -0.15) is 0 Å². The summed E-state index contributed by atoms with van der Waals surface area (Å²) >= 11 is 0. The van der Waals surface area contributed by atoms with Crippen LogP contribution in [0.2, 0.25) is 0 Å². The average molecular weight is 215 g/mol. The molecule has 0 aromatic rings. The van der Waals surface area contributed by atoms with Crippen LogP contribution in [0.15, 0.2) is 0 Å². The van der Waals surface area contributed by atoms with Crippen molar-refractivity contribution in [3.05, 3.63) is 0 Å². The molecule has 0 aromatic heterocycles. The lowest BCUT2D eigenvalue weighted by atomic mass is 9.93. The fourth-order valence-corrected chi connectivity index (χ4v) is 3.39. The van der Waals surface area contributed by atoms with Crippen molar-refractivity contribution in [1.29, 1.82) is 0 Å². The molecule has 1 unspecified atom stereocenters. The van der Waals surface area contributed by atoms with Gasteiger partial charge in [-0.3, -0.25) is 13.9 Å². The molecule has 0 spiro atoms. The number of carbonyl (C=O) groups excluding carboxylic acids is 1. The van der Waals surface area contributed by atoms with Gasteiger partial charge in [0.1, 0.15) is 5.78 Å². The van der Waals surface area contributed by atoms with Gasteiger partial charge in [0.05, 0.1) is 6.04 Å². The second-order valence-corrected chi connectivity index (χ2v) is 5.81. The summed E-state index contributed by atoms with van der Waals surface area (Å²) in [5, 5.41) is 0. The molecule has 3 nitrogen and oxygen atoms in total. The number of ketones is 1. The van der Waals surface area contributed by atoms with Gasteiger partial charge in [-0.25, -0.2) is 0 Å². The van der Waals surface area contributed by atoms with E-state index in [-0.39, 0.29) is 6.04 Å². The quantitative estimate of drug-likeness (QED) is 0.641. The Morgan fingerprint density at radius 1 is 1.21 bits per heavy atom. The predicted octanol–water partition coefficient (Wildman–Crippen LogP) is 0.562. The highest BCUT2D eigenvalue weighted by molar-refractivity contribution is 7.85. The third-order valence-electron chi connectivity index (χ3n) is 3.18. The summed E-state index contributed by atoms with van der Waals surface area (Å²) in [5.41, 5.74) is 0. The van der Waals surface area contributed by atoms with Crippen LogP contribution in [0.3, 0.4) is 0 Å². The predicted molar refractivity (Wildman–Crippen MR) is 56.7 cm³/mol.